The number of aliphatic imine (C=N–C) groups is 1. The molecule has 0 amide bonds. The van der Waals surface area contributed by atoms with Gasteiger partial charge in [-0.25, -0.2) is 18.1 Å². The van der Waals surface area contributed by atoms with Crippen molar-refractivity contribution < 1.29 is 8.42 Å². The third-order valence-corrected chi connectivity index (χ3v) is 5.66. The van der Waals surface area contributed by atoms with Gasteiger partial charge in [-0.2, -0.15) is 0 Å². The number of hydrogen-bond donors (Lipinski definition) is 3. The molecule has 1 aromatic rings. The Hall–Kier alpha value is -1.13. The molecule has 1 aromatic carbocycles. The van der Waals surface area contributed by atoms with E-state index in [9.17, 15) is 8.42 Å². The second-order valence-corrected chi connectivity index (χ2v) is 9.09. The van der Waals surface area contributed by atoms with Crippen LogP contribution in [-0.4, -0.2) is 32.5 Å². The maximum Gasteiger partial charge on any atom is 0.241 e. The molecule has 1 aliphatic carbocycles. The Morgan fingerprint density at radius 2 is 1.81 bits per heavy atom. The molecule has 0 aliphatic heterocycles. The Bertz CT molecular complexity index is 762. The summed E-state index contributed by atoms with van der Waals surface area (Å²) in [6.07, 6.45) is 6.26. The molecule has 8 heteroatoms. The lowest BCUT2D eigenvalue weighted by Crippen LogP contribution is -2.42. The van der Waals surface area contributed by atoms with E-state index < -0.39 is 15.6 Å². The van der Waals surface area contributed by atoms with E-state index in [1.54, 1.807) is 18.2 Å². The molecule has 27 heavy (non-hydrogen) atoms. The smallest absolute Gasteiger partial charge is 0.241 e. The number of rotatable bonds is 6. The summed E-state index contributed by atoms with van der Waals surface area (Å²) in [5.74, 6) is 0.706. The number of sulfonamides is 1. The van der Waals surface area contributed by atoms with Crippen LogP contribution in [0.1, 0.15) is 46.1 Å². The first kappa shape index (κ1) is 23.9. The third-order valence-electron chi connectivity index (χ3n) is 3.80. The van der Waals surface area contributed by atoms with E-state index in [0.29, 0.717) is 17.6 Å². The molecule has 2 rings (SSSR count). The number of halogens is 1. The molecule has 0 saturated carbocycles. The van der Waals surface area contributed by atoms with E-state index >= 15 is 0 Å². The van der Waals surface area contributed by atoms with Gasteiger partial charge in [-0.05, 0) is 52.2 Å². The van der Waals surface area contributed by atoms with Crippen LogP contribution in [0.4, 0.5) is 0 Å². The number of benzene rings is 1. The first-order chi connectivity index (χ1) is 12.2. The van der Waals surface area contributed by atoms with Crippen LogP contribution in [0.3, 0.4) is 0 Å². The van der Waals surface area contributed by atoms with Crippen LogP contribution in [0.5, 0.6) is 0 Å². The van der Waals surface area contributed by atoms with Crippen LogP contribution in [-0.2, 0) is 16.6 Å². The van der Waals surface area contributed by atoms with Crippen molar-refractivity contribution in [1.29, 1.82) is 0 Å². The Balaban J connectivity index is 0.00000364. The van der Waals surface area contributed by atoms with Gasteiger partial charge in [0.05, 0.1) is 11.4 Å². The highest BCUT2D eigenvalue weighted by molar-refractivity contribution is 14.0. The van der Waals surface area contributed by atoms with Gasteiger partial charge in [0.1, 0.15) is 0 Å². The summed E-state index contributed by atoms with van der Waals surface area (Å²) in [5, 5.41) is 6.62. The van der Waals surface area contributed by atoms with Gasteiger partial charge in [-0.15, -0.1) is 24.0 Å². The lowest BCUT2D eigenvalue weighted by atomic mass is 10.1. The fourth-order valence-corrected chi connectivity index (χ4v) is 4.42. The molecule has 0 bridgehead atoms. The monoisotopic (exact) mass is 506 g/mol. The molecule has 152 valence electrons. The predicted octanol–water partition coefficient (Wildman–Crippen LogP) is 3.16. The number of guanidine groups is 1. The van der Waals surface area contributed by atoms with Gasteiger partial charge in [-0.1, -0.05) is 30.4 Å². The van der Waals surface area contributed by atoms with Crippen molar-refractivity contribution in [2.75, 3.05) is 6.54 Å². The molecule has 6 nitrogen and oxygen atoms in total. The number of hydrogen-bond acceptors (Lipinski definition) is 3. The molecule has 0 unspecified atom stereocenters. The summed E-state index contributed by atoms with van der Waals surface area (Å²) >= 11 is 0. The highest BCUT2D eigenvalue weighted by Gasteiger charge is 2.24. The van der Waals surface area contributed by atoms with Crippen LogP contribution in [0.15, 0.2) is 46.3 Å². The maximum absolute atomic E-state index is 12.7. The van der Waals surface area contributed by atoms with Crippen LogP contribution in [0.2, 0.25) is 0 Å². The van der Waals surface area contributed by atoms with Crippen molar-refractivity contribution >= 4 is 40.0 Å². The molecule has 0 fully saturated rings. The van der Waals surface area contributed by atoms with E-state index in [2.05, 4.69) is 32.5 Å². The van der Waals surface area contributed by atoms with E-state index in [1.807, 2.05) is 33.8 Å². The van der Waals surface area contributed by atoms with Crippen molar-refractivity contribution in [3.8, 4) is 0 Å². The summed E-state index contributed by atoms with van der Waals surface area (Å²) in [6.45, 7) is 8.53. The topological polar surface area (TPSA) is 82.6 Å². The van der Waals surface area contributed by atoms with Crippen molar-refractivity contribution in [1.82, 2.24) is 15.4 Å². The molecule has 0 spiro atoms. The van der Waals surface area contributed by atoms with E-state index in [4.69, 9.17) is 0 Å². The Morgan fingerprint density at radius 3 is 2.41 bits per heavy atom. The average Bonchev–Trinajstić information content (AvgIpc) is 3.04. The largest absolute Gasteiger partial charge is 0.357 e. The van der Waals surface area contributed by atoms with Gasteiger partial charge < -0.3 is 10.6 Å². The SMILES string of the molecule is CCNC(=NCc1ccccc1S(=O)(=O)NC(C)(C)C)NC1CC=CC1.I. The fourth-order valence-electron chi connectivity index (χ4n) is 2.77. The lowest BCUT2D eigenvalue weighted by molar-refractivity contribution is 0.491. The molecule has 0 saturated heterocycles. The Morgan fingerprint density at radius 1 is 1.19 bits per heavy atom. The minimum atomic E-state index is -3.60. The lowest BCUT2D eigenvalue weighted by Gasteiger charge is -2.21. The van der Waals surface area contributed by atoms with Crippen LogP contribution >= 0.6 is 24.0 Å². The average molecular weight is 506 g/mol. The zero-order valence-electron chi connectivity index (χ0n) is 16.5. The molecule has 1 aliphatic rings. The summed E-state index contributed by atoms with van der Waals surface area (Å²) in [7, 11) is -3.60. The van der Waals surface area contributed by atoms with Crippen molar-refractivity contribution in [3.63, 3.8) is 0 Å². The van der Waals surface area contributed by atoms with E-state index in [0.717, 1.165) is 19.4 Å². The summed E-state index contributed by atoms with van der Waals surface area (Å²) in [6, 6.07) is 7.34. The van der Waals surface area contributed by atoms with Crippen LogP contribution in [0.25, 0.3) is 0 Å². The molecule has 0 aromatic heterocycles. The normalized spacial score (nSPS) is 15.5. The van der Waals surface area contributed by atoms with Gasteiger partial charge in [0.25, 0.3) is 0 Å². The molecule has 0 atom stereocenters. The minimum Gasteiger partial charge on any atom is -0.357 e. The van der Waals surface area contributed by atoms with Gasteiger partial charge in [0.15, 0.2) is 5.96 Å². The van der Waals surface area contributed by atoms with Gasteiger partial charge in [0, 0.05) is 18.1 Å². The summed E-state index contributed by atoms with van der Waals surface area (Å²) in [5.41, 5.74) is 0.132. The predicted molar refractivity (Wildman–Crippen MR) is 122 cm³/mol. The summed E-state index contributed by atoms with van der Waals surface area (Å²) < 4.78 is 28.1. The van der Waals surface area contributed by atoms with Gasteiger partial charge >= 0.3 is 0 Å². The Labute approximate surface area is 180 Å². The van der Waals surface area contributed by atoms with Crippen LogP contribution in [0, 0.1) is 0 Å². The van der Waals surface area contributed by atoms with E-state index in [1.165, 1.54) is 0 Å². The zero-order valence-corrected chi connectivity index (χ0v) is 19.6. The quantitative estimate of drug-likeness (QED) is 0.240. The molecule has 0 radical (unpaired) electrons. The standard InChI is InChI=1S/C19H30N4O2S.HI/c1-5-20-18(22-16-11-7-8-12-16)21-14-15-10-6-9-13-17(15)26(24,25)23-19(2,3)4;/h6-10,13,16,23H,5,11-12,14H2,1-4H3,(H2,20,21,22);1H. The van der Waals surface area contributed by atoms with Crippen molar-refractivity contribution in [3.05, 3.63) is 42.0 Å². The molecule has 0 heterocycles. The zero-order chi connectivity index (χ0) is 19.2. The molecular formula is C19H31IN4O2S. The number of nitrogens with one attached hydrogen (secondary N) is 3. The maximum atomic E-state index is 12.7. The second kappa shape index (κ2) is 10.4. The van der Waals surface area contributed by atoms with Crippen LogP contribution < -0.4 is 15.4 Å². The Kier molecular flexibility index (Phi) is 9.23. The fraction of sp³-hybridized carbons (Fsp3) is 0.526. The van der Waals surface area contributed by atoms with Gasteiger partial charge in [0.2, 0.25) is 10.0 Å². The first-order valence-corrected chi connectivity index (χ1v) is 10.5. The van der Waals surface area contributed by atoms with Gasteiger partial charge in [-0.3, -0.25) is 0 Å². The molecular weight excluding hydrogens is 475 g/mol. The summed E-state index contributed by atoms with van der Waals surface area (Å²) in [4.78, 5) is 4.87. The molecule has 3 N–H and O–H groups in total. The minimum absolute atomic E-state index is 0. The highest BCUT2D eigenvalue weighted by atomic mass is 127. The number of nitrogens with zero attached hydrogens (tertiary/aromatic N) is 1. The highest BCUT2D eigenvalue weighted by Crippen LogP contribution is 2.18. The second-order valence-electron chi connectivity index (χ2n) is 7.44. The first-order valence-electron chi connectivity index (χ1n) is 9.03. The van der Waals surface area contributed by atoms with Crippen molar-refractivity contribution in [2.24, 2.45) is 4.99 Å². The van der Waals surface area contributed by atoms with Crippen molar-refractivity contribution in [2.45, 2.75) is 63.6 Å². The van der Waals surface area contributed by atoms with E-state index in [-0.39, 0.29) is 35.4 Å². The third kappa shape index (κ3) is 7.79.